The number of pyridine rings is 1. The van der Waals surface area contributed by atoms with Crippen molar-refractivity contribution in [3.8, 4) is 17.0 Å². The lowest BCUT2D eigenvalue weighted by molar-refractivity contribution is -0.135. The third kappa shape index (κ3) is 4.12. The molecule has 164 valence electrons. The maximum absolute atomic E-state index is 13.5. The highest BCUT2D eigenvalue weighted by molar-refractivity contribution is 6.31. The lowest BCUT2D eigenvalue weighted by atomic mass is 9.44. The van der Waals surface area contributed by atoms with Crippen molar-refractivity contribution in [3.05, 3.63) is 76.5 Å². The van der Waals surface area contributed by atoms with E-state index in [1.165, 1.54) is 18.2 Å². The van der Waals surface area contributed by atoms with Crippen LogP contribution in [0, 0.1) is 5.82 Å². The summed E-state index contributed by atoms with van der Waals surface area (Å²) in [6.07, 6.45) is 2.48. The van der Waals surface area contributed by atoms with Gasteiger partial charge in [-0.05, 0) is 55.7 Å². The second-order valence-corrected chi connectivity index (χ2v) is 9.39. The van der Waals surface area contributed by atoms with E-state index in [-0.39, 0.29) is 34.4 Å². The van der Waals surface area contributed by atoms with Gasteiger partial charge in [0.2, 0.25) is 0 Å². The molecule has 1 amide bonds. The Morgan fingerprint density at radius 3 is 2.50 bits per heavy atom. The van der Waals surface area contributed by atoms with E-state index in [1.54, 1.807) is 0 Å². The highest BCUT2D eigenvalue weighted by atomic mass is 35.5. The number of hydrogen-bond donors (Lipinski definition) is 2. The Hall–Kier alpha value is -2.83. The molecule has 0 aliphatic heterocycles. The SMILES string of the molecule is O=C(COc1ccc(Cl)c(F)c1)NC12CC(Nc3cccc(-c4ccc(Cl)cc4)n3)(C1)C2. The number of carbonyl (C=O) groups is 1. The van der Waals surface area contributed by atoms with E-state index in [2.05, 4.69) is 10.6 Å². The number of rotatable bonds is 7. The molecule has 0 atom stereocenters. The first-order valence-electron chi connectivity index (χ1n) is 10.2. The molecule has 2 aromatic carbocycles. The van der Waals surface area contributed by atoms with Gasteiger partial charge in [-0.15, -0.1) is 0 Å². The molecule has 0 spiro atoms. The number of halogens is 3. The molecule has 3 saturated carbocycles. The van der Waals surface area contributed by atoms with E-state index in [9.17, 15) is 9.18 Å². The lowest BCUT2D eigenvalue weighted by Crippen LogP contribution is -2.81. The number of nitrogens with one attached hydrogen (secondary N) is 2. The molecule has 0 saturated heterocycles. The number of amides is 1. The highest BCUT2D eigenvalue weighted by Gasteiger charge is 2.68. The Balaban J connectivity index is 1.13. The first kappa shape index (κ1) is 21.0. The lowest BCUT2D eigenvalue weighted by Gasteiger charge is -2.70. The van der Waals surface area contributed by atoms with E-state index in [1.807, 2.05) is 42.5 Å². The quantitative estimate of drug-likeness (QED) is 0.478. The van der Waals surface area contributed by atoms with E-state index >= 15 is 0 Å². The maximum Gasteiger partial charge on any atom is 0.258 e. The van der Waals surface area contributed by atoms with E-state index in [0.29, 0.717) is 5.02 Å². The van der Waals surface area contributed by atoms with Gasteiger partial charge in [-0.2, -0.15) is 0 Å². The van der Waals surface area contributed by atoms with E-state index in [0.717, 1.165) is 36.3 Å². The van der Waals surface area contributed by atoms with Crippen LogP contribution < -0.4 is 15.4 Å². The van der Waals surface area contributed by atoms with Crippen molar-refractivity contribution < 1.29 is 13.9 Å². The molecule has 2 bridgehead atoms. The van der Waals surface area contributed by atoms with Crippen LogP contribution in [0.5, 0.6) is 5.75 Å². The zero-order valence-corrected chi connectivity index (χ0v) is 18.5. The van der Waals surface area contributed by atoms with Gasteiger partial charge in [-0.25, -0.2) is 9.37 Å². The van der Waals surface area contributed by atoms with Crippen LogP contribution in [0.4, 0.5) is 10.2 Å². The first-order chi connectivity index (χ1) is 15.3. The Morgan fingerprint density at radius 2 is 1.78 bits per heavy atom. The second kappa shape index (κ2) is 7.94. The molecule has 32 heavy (non-hydrogen) atoms. The van der Waals surface area contributed by atoms with Crippen molar-refractivity contribution in [1.29, 1.82) is 0 Å². The highest BCUT2D eigenvalue weighted by Crippen LogP contribution is 2.61. The summed E-state index contributed by atoms with van der Waals surface area (Å²) in [5.74, 6) is 0.275. The average Bonchev–Trinajstić information content (AvgIpc) is 2.73. The van der Waals surface area contributed by atoms with Crippen molar-refractivity contribution >= 4 is 34.9 Å². The predicted octanol–water partition coefficient (Wildman–Crippen LogP) is 5.48. The van der Waals surface area contributed by atoms with Gasteiger partial charge in [-0.1, -0.05) is 41.4 Å². The van der Waals surface area contributed by atoms with Crippen LogP contribution in [0.1, 0.15) is 19.3 Å². The fourth-order valence-electron chi connectivity index (χ4n) is 4.66. The molecule has 3 aromatic rings. The molecule has 3 aliphatic carbocycles. The summed E-state index contributed by atoms with van der Waals surface area (Å²) in [5.41, 5.74) is 1.63. The van der Waals surface area contributed by atoms with Crippen molar-refractivity contribution in [2.24, 2.45) is 0 Å². The van der Waals surface area contributed by atoms with Gasteiger partial charge in [-0.3, -0.25) is 4.79 Å². The number of aromatic nitrogens is 1. The molecule has 3 fully saturated rings. The van der Waals surface area contributed by atoms with Crippen molar-refractivity contribution in [2.75, 3.05) is 11.9 Å². The average molecular weight is 472 g/mol. The maximum atomic E-state index is 13.5. The molecule has 5 nitrogen and oxygen atoms in total. The van der Waals surface area contributed by atoms with Gasteiger partial charge in [0.05, 0.1) is 10.7 Å². The summed E-state index contributed by atoms with van der Waals surface area (Å²) in [4.78, 5) is 17.0. The van der Waals surface area contributed by atoms with Gasteiger partial charge in [0, 0.05) is 27.7 Å². The van der Waals surface area contributed by atoms with Crippen LogP contribution in [-0.4, -0.2) is 28.6 Å². The van der Waals surface area contributed by atoms with Crippen LogP contribution in [0.2, 0.25) is 10.0 Å². The minimum atomic E-state index is -0.578. The Bertz CT molecular complexity index is 1170. The van der Waals surface area contributed by atoms with E-state index in [4.69, 9.17) is 32.9 Å². The Morgan fingerprint density at radius 1 is 1.03 bits per heavy atom. The fraction of sp³-hybridized carbons (Fsp3) is 0.250. The minimum Gasteiger partial charge on any atom is -0.484 e. The number of ether oxygens (including phenoxy) is 1. The molecule has 0 unspecified atom stereocenters. The standard InChI is InChI=1S/C24H20Cl2FN3O2/c25-16-6-4-15(5-7-16)20-2-1-3-21(28-20)29-23-12-24(13-23,14-23)30-22(31)11-32-17-8-9-18(26)19(27)10-17/h1-10H,11-14H2,(H,28,29)(H,30,31). The molecule has 3 aliphatic rings. The Kier molecular flexibility index (Phi) is 5.22. The summed E-state index contributed by atoms with van der Waals surface area (Å²) in [6.45, 7) is -0.173. The van der Waals surface area contributed by atoms with Gasteiger partial charge < -0.3 is 15.4 Å². The van der Waals surface area contributed by atoms with Crippen molar-refractivity contribution in [3.63, 3.8) is 0 Å². The third-order valence-electron chi connectivity index (χ3n) is 5.98. The Labute approximate surface area is 194 Å². The summed E-state index contributed by atoms with van der Waals surface area (Å²) in [5, 5.41) is 7.29. The van der Waals surface area contributed by atoms with Crippen LogP contribution in [0.15, 0.2) is 60.7 Å². The molecule has 2 N–H and O–H groups in total. The molecule has 1 heterocycles. The van der Waals surface area contributed by atoms with Gasteiger partial charge in [0.15, 0.2) is 6.61 Å². The summed E-state index contributed by atoms with van der Waals surface area (Å²) >= 11 is 11.6. The topological polar surface area (TPSA) is 63.2 Å². The van der Waals surface area contributed by atoms with Gasteiger partial charge in [0.1, 0.15) is 17.4 Å². The zero-order valence-electron chi connectivity index (χ0n) is 17.0. The van der Waals surface area contributed by atoms with E-state index < -0.39 is 5.82 Å². The van der Waals surface area contributed by atoms with Gasteiger partial charge in [0.25, 0.3) is 5.91 Å². The largest absolute Gasteiger partial charge is 0.484 e. The zero-order chi connectivity index (χ0) is 22.3. The molecule has 0 radical (unpaired) electrons. The molecule has 6 rings (SSSR count). The molecule has 8 heteroatoms. The van der Waals surface area contributed by atoms with Gasteiger partial charge >= 0.3 is 0 Å². The third-order valence-corrected chi connectivity index (χ3v) is 6.54. The summed E-state index contributed by atoms with van der Waals surface area (Å²) < 4.78 is 18.8. The van der Waals surface area contributed by atoms with Crippen LogP contribution >= 0.6 is 23.2 Å². The number of carbonyl (C=O) groups excluding carboxylic acids is 1. The monoisotopic (exact) mass is 471 g/mol. The van der Waals surface area contributed by atoms with Crippen LogP contribution in [0.3, 0.4) is 0 Å². The fourth-order valence-corrected chi connectivity index (χ4v) is 4.90. The summed E-state index contributed by atoms with van der Waals surface area (Å²) in [7, 11) is 0. The number of nitrogens with zero attached hydrogens (tertiary/aromatic N) is 1. The predicted molar refractivity (Wildman–Crippen MR) is 123 cm³/mol. The normalized spacial score (nSPS) is 23.0. The first-order valence-corrected chi connectivity index (χ1v) is 11.0. The number of benzene rings is 2. The minimum absolute atomic E-state index is 0.0154. The van der Waals surface area contributed by atoms with Crippen molar-refractivity contribution in [1.82, 2.24) is 10.3 Å². The second-order valence-electron chi connectivity index (χ2n) is 8.54. The van der Waals surface area contributed by atoms with Crippen LogP contribution in [-0.2, 0) is 4.79 Å². The molecular formula is C24H20Cl2FN3O2. The number of hydrogen-bond acceptors (Lipinski definition) is 4. The summed E-state index contributed by atoms with van der Waals surface area (Å²) in [6, 6.07) is 17.6. The van der Waals surface area contributed by atoms with Crippen molar-refractivity contribution in [2.45, 2.75) is 30.3 Å². The van der Waals surface area contributed by atoms with Crippen LogP contribution in [0.25, 0.3) is 11.3 Å². The smallest absolute Gasteiger partial charge is 0.258 e. The molecule has 1 aromatic heterocycles. The molecular weight excluding hydrogens is 452 g/mol. The number of anilines is 1.